The van der Waals surface area contributed by atoms with Gasteiger partial charge in [-0.15, -0.1) is 0 Å². The van der Waals surface area contributed by atoms with Crippen LogP contribution < -0.4 is 5.69 Å². The molecule has 156 valence electrons. The number of carbonyl (C=O) groups is 1. The van der Waals surface area contributed by atoms with E-state index in [-0.39, 0.29) is 5.69 Å². The summed E-state index contributed by atoms with van der Waals surface area (Å²) in [5.41, 5.74) is 1.66. The molecule has 1 aliphatic heterocycles. The first-order chi connectivity index (χ1) is 14.0. The summed E-state index contributed by atoms with van der Waals surface area (Å²) >= 11 is 5.97. The van der Waals surface area contributed by atoms with Gasteiger partial charge in [-0.2, -0.15) is 0 Å². The summed E-state index contributed by atoms with van der Waals surface area (Å²) in [7, 11) is 0. The minimum atomic E-state index is -0.0513. The first-order valence-electron chi connectivity index (χ1n) is 10.6. The van der Waals surface area contributed by atoms with Crippen LogP contribution in [0.4, 0.5) is 0 Å². The van der Waals surface area contributed by atoms with Crippen molar-refractivity contribution in [3.63, 3.8) is 0 Å². The van der Waals surface area contributed by atoms with Gasteiger partial charge in [0, 0.05) is 49.5 Å². The van der Waals surface area contributed by atoms with Crippen LogP contribution in [0.5, 0.6) is 0 Å². The molecule has 29 heavy (non-hydrogen) atoms. The average Bonchev–Trinajstić information content (AvgIpc) is 3.31. The largest absolute Gasteiger partial charge is 0.340 e. The van der Waals surface area contributed by atoms with E-state index in [1.807, 2.05) is 30.2 Å². The molecule has 2 aliphatic rings. The van der Waals surface area contributed by atoms with Gasteiger partial charge < -0.3 is 4.90 Å². The fourth-order valence-corrected chi connectivity index (χ4v) is 4.69. The number of nitrogens with zero attached hydrogens (tertiary/aromatic N) is 4. The molecule has 1 amide bonds. The molecule has 0 unspecified atom stereocenters. The molecule has 2 aromatic rings. The predicted molar refractivity (Wildman–Crippen MR) is 115 cm³/mol. The van der Waals surface area contributed by atoms with Gasteiger partial charge in [-0.3, -0.25) is 18.8 Å². The molecule has 0 N–H and O–H groups in total. The van der Waals surface area contributed by atoms with Crippen molar-refractivity contribution >= 4 is 17.5 Å². The highest BCUT2D eigenvalue weighted by molar-refractivity contribution is 6.30. The number of piperazine rings is 1. The van der Waals surface area contributed by atoms with Gasteiger partial charge in [0.25, 0.3) is 0 Å². The molecular formula is C22H29ClN4O2. The van der Waals surface area contributed by atoms with Gasteiger partial charge in [0.1, 0.15) is 0 Å². The zero-order valence-corrected chi connectivity index (χ0v) is 17.8. The number of hydrogen-bond donors (Lipinski definition) is 0. The number of aromatic nitrogens is 2. The van der Waals surface area contributed by atoms with Crippen LogP contribution in [-0.2, 0) is 11.5 Å². The van der Waals surface area contributed by atoms with Gasteiger partial charge in [0.2, 0.25) is 5.91 Å². The maximum atomic E-state index is 12.9. The molecule has 1 aromatic heterocycles. The summed E-state index contributed by atoms with van der Waals surface area (Å²) < 4.78 is 3.46. The van der Waals surface area contributed by atoms with E-state index in [4.69, 9.17) is 11.6 Å². The second kappa shape index (κ2) is 8.76. The lowest BCUT2D eigenvalue weighted by Crippen LogP contribution is -2.49. The van der Waals surface area contributed by atoms with Gasteiger partial charge >= 0.3 is 5.69 Å². The number of amides is 1. The van der Waals surface area contributed by atoms with E-state index >= 15 is 0 Å². The van der Waals surface area contributed by atoms with Crippen LogP contribution in [0.2, 0.25) is 5.02 Å². The number of carbonyl (C=O) groups excluding carboxylic acids is 1. The van der Waals surface area contributed by atoms with Crippen molar-refractivity contribution in [1.82, 2.24) is 18.9 Å². The van der Waals surface area contributed by atoms with Crippen LogP contribution in [-0.4, -0.2) is 51.0 Å². The number of aryl methyl sites for hydroxylation is 1. The highest BCUT2D eigenvalue weighted by Crippen LogP contribution is 2.28. The van der Waals surface area contributed by atoms with E-state index in [0.717, 1.165) is 37.6 Å². The van der Waals surface area contributed by atoms with E-state index in [9.17, 15) is 9.59 Å². The Bertz CT molecular complexity index is 904. The van der Waals surface area contributed by atoms with Crippen molar-refractivity contribution in [3.05, 3.63) is 51.7 Å². The van der Waals surface area contributed by atoms with E-state index in [2.05, 4.69) is 4.90 Å². The number of halogens is 1. The normalized spacial score (nSPS) is 18.5. The molecule has 6 nitrogen and oxygen atoms in total. The topological polar surface area (TPSA) is 50.5 Å². The van der Waals surface area contributed by atoms with Crippen molar-refractivity contribution < 1.29 is 4.79 Å². The third kappa shape index (κ3) is 4.59. The molecule has 2 heterocycles. The van der Waals surface area contributed by atoms with Gasteiger partial charge in [-0.25, -0.2) is 4.79 Å². The fourth-order valence-electron chi connectivity index (χ4n) is 4.57. The number of imidazole rings is 1. The van der Waals surface area contributed by atoms with Gasteiger partial charge in [0.05, 0.1) is 12.4 Å². The Hall–Kier alpha value is -2.05. The second-order valence-corrected chi connectivity index (χ2v) is 8.77. The second-order valence-electron chi connectivity index (χ2n) is 8.33. The first kappa shape index (κ1) is 20.2. The average molecular weight is 417 g/mol. The highest BCUT2D eigenvalue weighted by Gasteiger charge is 2.25. The molecule has 1 saturated carbocycles. The van der Waals surface area contributed by atoms with Gasteiger partial charge in [-0.05, 0) is 49.9 Å². The summed E-state index contributed by atoms with van der Waals surface area (Å²) in [5.74, 6) is 0.896. The van der Waals surface area contributed by atoms with Crippen LogP contribution in [0, 0.1) is 12.8 Å². The molecule has 7 heteroatoms. The summed E-state index contributed by atoms with van der Waals surface area (Å²) in [5, 5.41) is 0.652. The summed E-state index contributed by atoms with van der Waals surface area (Å²) in [6.45, 7) is 5.58. The minimum Gasteiger partial charge on any atom is -0.340 e. The molecule has 0 atom stereocenters. The lowest BCUT2D eigenvalue weighted by molar-refractivity contribution is -0.134. The predicted octanol–water partition coefficient (Wildman–Crippen LogP) is 3.28. The molecular weight excluding hydrogens is 388 g/mol. The summed E-state index contributed by atoms with van der Waals surface area (Å²) in [4.78, 5) is 29.7. The van der Waals surface area contributed by atoms with E-state index < -0.39 is 0 Å². The number of rotatable bonds is 5. The third-order valence-electron chi connectivity index (χ3n) is 6.23. The molecule has 2 fully saturated rings. The Morgan fingerprint density at radius 2 is 1.72 bits per heavy atom. The standard InChI is InChI=1S/C22H29ClN4O2/c1-17-15-26(22(29)27(17)20-8-6-19(23)7-9-20)16-24-10-12-25(13-11-24)21(28)14-18-4-2-3-5-18/h6-9,15,18H,2-5,10-14,16H2,1H3. The monoisotopic (exact) mass is 416 g/mol. The van der Waals surface area contributed by atoms with Crippen LogP contribution in [0.3, 0.4) is 0 Å². The molecule has 1 aliphatic carbocycles. The summed E-state index contributed by atoms with van der Waals surface area (Å²) in [6.07, 6.45) is 7.57. The van der Waals surface area contributed by atoms with Crippen molar-refractivity contribution in [2.75, 3.05) is 26.2 Å². The van der Waals surface area contributed by atoms with Crippen molar-refractivity contribution in [2.24, 2.45) is 5.92 Å². The van der Waals surface area contributed by atoms with E-state index in [1.165, 1.54) is 25.7 Å². The van der Waals surface area contributed by atoms with Gasteiger partial charge in [-0.1, -0.05) is 24.4 Å². The first-order valence-corrected chi connectivity index (χ1v) is 10.9. The SMILES string of the molecule is Cc1cn(CN2CCN(C(=O)CC3CCCC3)CC2)c(=O)n1-c1ccc(Cl)cc1. The number of benzene rings is 1. The molecule has 0 radical (unpaired) electrons. The lowest BCUT2D eigenvalue weighted by atomic mass is 10.0. The van der Waals surface area contributed by atoms with E-state index in [1.54, 1.807) is 21.3 Å². The van der Waals surface area contributed by atoms with Crippen molar-refractivity contribution in [1.29, 1.82) is 0 Å². The van der Waals surface area contributed by atoms with Crippen LogP contribution in [0.15, 0.2) is 35.3 Å². The Labute approximate surface area is 176 Å². The van der Waals surface area contributed by atoms with Crippen LogP contribution in [0.25, 0.3) is 5.69 Å². The maximum absolute atomic E-state index is 12.9. The quantitative estimate of drug-likeness (QED) is 0.751. The van der Waals surface area contributed by atoms with Crippen molar-refractivity contribution in [2.45, 2.75) is 45.7 Å². The molecule has 1 saturated heterocycles. The third-order valence-corrected chi connectivity index (χ3v) is 6.48. The fraction of sp³-hybridized carbons (Fsp3) is 0.545. The Balaban J connectivity index is 1.36. The Morgan fingerprint density at radius 3 is 2.38 bits per heavy atom. The van der Waals surface area contributed by atoms with E-state index in [0.29, 0.717) is 29.9 Å². The highest BCUT2D eigenvalue weighted by atomic mass is 35.5. The number of hydrogen-bond acceptors (Lipinski definition) is 3. The van der Waals surface area contributed by atoms with Gasteiger partial charge in [0.15, 0.2) is 0 Å². The summed E-state index contributed by atoms with van der Waals surface area (Å²) in [6, 6.07) is 7.30. The zero-order valence-electron chi connectivity index (χ0n) is 17.0. The minimum absolute atomic E-state index is 0.0513. The molecule has 0 bridgehead atoms. The molecule has 4 rings (SSSR count). The van der Waals surface area contributed by atoms with Crippen LogP contribution in [0.1, 0.15) is 37.8 Å². The van der Waals surface area contributed by atoms with Crippen LogP contribution >= 0.6 is 11.6 Å². The Kier molecular flexibility index (Phi) is 6.11. The maximum Gasteiger partial charge on any atom is 0.334 e. The molecule has 0 spiro atoms. The Morgan fingerprint density at radius 1 is 1.07 bits per heavy atom. The lowest BCUT2D eigenvalue weighted by Gasteiger charge is -2.35. The zero-order chi connectivity index (χ0) is 20.4. The van der Waals surface area contributed by atoms with Crippen molar-refractivity contribution in [3.8, 4) is 5.69 Å². The smallest absolute Gasteiger partial charge is 0.334 e. The molecule has 1 aromatic carbocycles.